The Kier molecular flexibility index (Phi) is 3.96. The number of carbonyl (C=O) groups excluding carboxylic acids is 1. The highest BCUT2D eigenvalue weighted by molar-refractivity contribution is 6.17. The highest BCUT2D eigenvalue weighted by Gasteiger charge is 2.23. The lowest BCUT2D eigenvalue weighted by Gasteiger charge is -2.14. The van der Waals surface area contributed by atoms with Crippen molar-refractivity contribution in [1.29, 1.82) is 0 Å². The minimum Gasteiger partial charge on any atom is -0.481 e. The number of alkyl halides is 1. The highest BCUT2D eigenvalue weighted by atomic mass is 35.5. The Balaban J connectivity index is 1.99. The second-order valence-electron chi connectivity index (χ2n) is 5.08. The molecular formula is C14H17ClN4O2. The van der Waals surface area contributed by atoms with E-state index in [1.165, 1.54) is 0 Å². The van der Waals surface area contributed by atoms with Gasteiger partial charge < -0.3 is 14.6 Å². The van der Waals surface area contributed by atoms with Crippen molar-refractivity contribution in [3.05, 3.63) is 18.0 Å². The summed E-state index contributed by atoms with van der Waals surface area (Å²) >= 11 is 5.87. The van der Waals surface area contributed by atoms with Gasteiger partial charge in [0.25, 0.3) is 0 Å². The van der Waals surface area contributed by atoms with Crippen LogP contribution in [0.15, 0.2) is 12.1 Å². The largest absolute Gasteiger partial charge is 0.481 e. The summed E-state index contributed by atoms with van der Waals surface area (Å²) in [4.78, 5) is 20.4. The molecule has 112 valence electrons. The average Bonchev–Trinajstić information content (AvgIpc) is 3.04. The minimum atomic E-state index is 0.105. The Morgan fingerprint density at radius 1 is 1.48 bits per heavy atom. The van der Waals surface area contributed by atoms with Crippen LogP contribution in [0.25, 0.3) is 11.2 Å². The molecule has 6 nitrogen and oxygen atoms in total. The molecule has 0 saturated carbocycles. The van der Waals surface area contributed by atoms with Crippen LogP contribution in [0, 0.1) is 0 Å². The maximum Gasteiger partial charge on any atom is 0.220 e. The van der Waals surface area contributed by atoms with E-state index in [0.29, 0.717) is 31.1 Å². The summed E-state index contributed by atoms with van der Waals surface area (Å²) in [6.45, 7) is 0.661. The number of amides is 1. The number of rotatable bonds is 5. The monoisotopic (exact) mass is 308 g/mol. The Hall–Kier alpha value is -1.82. The molecule has 2 aromatic rings. The summed E-state index contributed by atoms with van der Waals surface area (Å²) in [5.74, 6) is 2.05. The maximum absolute atomic E-state index is 11.4. The quantitative estimate of drug-likeness (QED) is 0.850. The summed E-state index contributed by atoms with van der Waals surface area (Å²) in [5, 5.41) is 2.98. The van der Waals surface area contributed by atoms with Gasteiger partial charge >= 0.3 is 0 Å². The van der Waals surface area contributed by atoms with Crippen LogP contribution in [0.5, 0.6) is 5.88 Å². The highest BCUT2D eigenvalue weighted by Crippen LogP contribution is 2.20. The van der Waals surface area contributed by atoms with E-state index in [1.54, 1.807) is 13.2 Å². The average molecular weight is 309 g/mol. The van der Waals surface area contributed by atoms with Crippen molar-refractivity contribution in [3.8, 4) is 5.88 Å². The second kappa shape index (κ2) is 5.89. The van der Waals surface area contributed by atoms with Crippen LogP contribution in [0.1, 0.15) is 18.7 Å². The number of nitrogens with one attached hydrogen (secondary N) is 1. The second-order valence-corrected chi connectivity index (χ2v) is 5.46. The Morgan fingerprint density at radius 3 is 3.00 bits per heavy atom. The Bertz CT molecular complexity index is 670. The molecule has 0 spiro atoms. The topological polar surface area (TPSA) is 69.0 Å². The van der Waals surface area contributed by atoms with E-state index < -0.39 is 0 Å². The predicted octanol–water partition coefficient (Wildman–Crippen LogP) is 1.50. The Labute approximate surface area is 127 Å². The number of pyridine rings is 1. The molecule has 1 aliphatic heterocycles. The fourth-order valence-electron chi connectivity index (χ4n) is 2.65. The van der Waals surface area contributed by atoms with Gasteiger partial charge in [-0.25, -0.2) is 4.98 Å². The lowest BCUT2D eigenvalue weighted by Crippen LogP contribution is -2.30. The van der Waals surface area contributed by atoms with Gasteiger partial charge in [0, 0.05) is 37.4 Å². The molecule has 1 saturated heterocycles. The minimum absolute atomic E-state index is 0.105. The number of aromatic nitrogens is 3. The molecule has 7 heteroatoms. The van der Waals surface area contributed by atoms with Gasteiger partial charge in [-0.15, -0.1) is 11.6 Å². The van der Waals surface area contributed by atoms with Crippen LogP contribution in [0.3, 0.4) is 0 Å². The van der Waals surface area contributed by atoms with Crippen molar-refractivity contribution in [2.24, 2.45) is 0 Å². The van der Waals surface area contributed by atoms with Crippen molar-refractivity contribution in [1.82, 2.24) is 19.9 Å². The number of nitrogens with zero attached hydrogens (tertiary/aromatic N) is 3. The van der Waals surface area contributed by atoms with E-state index in [9.17, 15) is 4.79 Å². The standard InChI is InChI=1S/C14H17ClN4O2/c1-21-13-5-3-10-14(18-13)19(11(17-10)6-7-15)8-9-2-4-12(20)16-9/h3,5,9H,2,4,6-8H2,1H3,(H,16,20). The van der Waals surface area contributed by atoms with Gasteiger partial charge in [0.15, 0.2) is 5.65 Å². The zero-order chi connectivity index (χ0) is 14.8. The van der Waals surface area contributed by atoms with Gasteiger partial charge in [-0.05, 0) is 12.5 Å². The van der Waals surface area contributed by atoms with E-state index in [2.05, 4.69) is 15.3 Å². The first-order valence-electron chi connectivity index (χ1n) is 6.96. The lowest BCUT2D eigenvalue weighted by atomic mass is 10.2. The first-order chi connectivity index (χ1) is 10.2. The number of carbonyl (C=O) groups is 1. The first kappa shape index (κ1) is 14.1. The van der Waals surface area contributed by atoms with Gasteiger partial charge in [0.05, 0.1) is 7.11 Å². The number of methoxy groups -OCH3 is 1. The van der Waals surface area contributed by atoms with Crippen LogP contribution in [0.2, 0.25) is 0 Å². The molecule has 2 aromatic heterocycles. The number of imidazole rings is 1. The van der Waals surface area contributed by atoms with Gasteiger partial charge in [0.2, 0.25) is 11.8 Å². The molecule has 1 aliphatic rings. The van der Waals surface area contributed by atoms with Crippen LogP contribution in [0.4, 0.5) is 0 Å². The molecule has 0 aromatic carbocycles. The fourth-order valence-corrected chi connectivity index (χ4v) is 2.82. The zero-order valence-electron chi connectivity index (χ0n) is 11.8. The third kappa shape index (κ3) is 2.81. The van der Waals surface area contributed by atoms with Gasteiger partial charge in [-0.2, -0.15) is 4.98 Å². The van der Waals surface area contributed by atoms with Crippen molar-refractivity contribution in [2.75, 3.05) is 13.0 Å². The number of ether oxygens (including phenoxy) is 1. The molecule has 1 fully saturated rings. The molecule has 1 unspecified atom stereocenters. The smallest absolute Gasteiger partial charge is 0.220 e. The molecule has 0 bridgehead atoms. The van der Waals surface area contributed by atoms with Crippen LogP contribution in [-0.4, -0.2) is 39.5 Å². The normalized spacial score (nSPS) is 18.2. The number of hydrogen-bond donors (Lipinski definition) is 1. The van der Waals surface area contributed by atoms with Crippen LogP contribution in [-0.2, 0) is 17.8 Å². The molecule has 3 rings (SSSR count). The maximum atomic E-state index is 11.4. The van der Waals surface area contributed by atoms with Gasteiger partial charge in [-0.1, -0.05) is 0 Å². The number of halogens is 1. The van der Waals surface area contributed by atoms with E-state index in [-0.39, 0.29) is 11.9 Å². The third-order valence-electron chi connectivity index (χ3n) is 3.66. The summed E-state index contributed by atoms with van der Waals surface area (Å²) in [5.41, 5.74) is 1.59. The van der Waals surface area contributed by atoms with Gasteiger partial charge in [0.1, 0.15) is 11.3 Å². The molecule has 1 atom stereocenters. The predicted molar refractivity (Wildman–Crippen MR) is 79.7 cm³/mol. The molecule has 1 amide bonds. The number of hydrogen-bond acceptors (Lipinski definition) is 4. The third-order valence-corrected chi connectivity index (χ3v) is 3.85. The van der Waals surface area contributed by atoms with Gasteiger partial charge in [-0.3, -0.25) is 4.79 Å². The fraction of sp³-hybridized carbons (Fsp3) is 0.500. The van der Waals surface area contributed by atoms with Crippen molar-refractivity contribution < 1.29 is 9.53 Å². The van der Waals surface area contributed by atoms with E-state index in [1.807, 2.05) is 10.6 Å². The van der Waals surface area contributed by atoms with E-state index in [4.69, 9.17) is 16.3 Å². The number of fused-ring (bicyclic) bond motifs is 1. The van der Waals surface area contributed by atoms with Crippen LogP contribution < -0.4 is 10.1 Å². The summed E-state index contributed by atoms with van der Waals surface area (Å²) < 4.78 is 7.22. The number of aryl methyl sites for hydroxylation is 1. The summed E-state index contributed by atoms with van der Waals surface area (Å²) in [7, 11) is 1.59. The molecule has 0 radical (unpaired) electrons. The van der Waals surface area contributed by atoms with E-state index in [0.717, 1.165) is 23.4 Å². The molecule has 0 aliphatic carbocycles. The first-order valence-corrected chi connectivity index (χ1v) is 7.50. The van der Waals surface area contributed by atoms with Crippen molar-refractivity contribution >= 4 is 28.7 Å². The zero-order valence-corrected chi connectivity index (χ0v) is 12.6. The molecular weight excluding hydrogens is 292 g/mol. The van der Waals surface area contributed by atoms with Crippen molar-refractivity contribution in [2.45, 2.75) is 31.8 Å². The SMILES string of the molecule is COc1ccc2nc(CCCl)n(CC3CCC(=O)N3)c2n1. The van der Waals surface area contributed by atoms with E-state index >= 15 is 0 Å². The van der Waals surface area contributed by atoms with Crippen LogP contribution >= 0.6 is 11.6 Å². The summed E-state index contributed by atoms with van der Waals surface area (Å²) in [6.07, 6.45) is 2.09. The summed E-state index contributed by atoms with van der Waals surface area (Å²) in [6, 6.07) is 3.81. The molecule has 21 heavy (non-hydrogen) atoms. The lowest BCUT2D eigenvalue weighted by molar-refractivity contribution is -0.119. The molecule has 3 heterocycles. The molecule has 1 N–H and O–H groups in total. The van der Waals surface area contributed by atoms with Crippen molar-refractivity contribution in [3.63, 3.8) is 0 Å². The Morgan fingerprint density at radius 2 is 2.33 bits per heavy atom.